The zero-order valence-corrected chi connectivity index (χ0v) is 11.8. The van der Waals surface area contributed by atoms with E-state index in [1.54, 1.807) is 13.0 Å². The molecule has 0 aliphatic heterocycles. The van der Waals surface area contributed by atoms with Crippen LogP contribution in [-0.2, 0) is 4.79 Å². The van der Waals surface area contributed by atoms with Gasteiger partial charge in [-0.2, -0.15) is 5.26 Å². The summed E-state index contributed by atoms with van der Waals surface area (Å²) in [7, 11) is 0. The van der Waals surface area contributed by atoms with E-state index in [1.165, 1.54) is 6.08 Å². The standard InChI is InChI=1S/C16H12N4O2/c1-10-6-15(20-22-10)19-16(21)13(9-17)8-11-2-3-14-12(7-11)4-5-18-14/h2-8,18H,1H3,(H,19,20,21)/b13-8+. The molecule has 6 nitrogen and oxygen atoms in total. The quantitative estimate of drug-likeness (QED) is 0.573. The molecule has 0 spiro atoms. The molecule has 2 N–H and O–H groups in total. The normalized spacial score (nSPS) is 11.4. The van der Waals surface area contributed by atoms with Crippen LogP contribution in [0.2, 0.25) is 0 Å². The fourth-order valence-electron chi connectivity index (χ4n) is 2.09. The van der Waals surface area contributed by atoms with Gasteiger partial charge in [0.1, 0.15) is 17.4 Å². The molecule has 0 atom stereocenters. The number of anilines is 1. The minimum absolute atomic E-state index is 0.00413. The number of aromatic nitrogens is 2. The first-order chi connectivity index (χ1) is 10.7. The number of H-pyrrole nitrogens is 1. The first-order valence-corrected chi connectivity index (χ1v) is 6.59. The Hall–Kier alpha value is -3.33. The molecule has 0 saturated carbocycles. The maximum absolute atomic E-state index is 12.1. The highest BCUT2D eigenvalue weighted by Gasteiger charge is 2.11. The number of hydrogen-bond acceptors (Lipinski definition) is 4. The van der Waals surface area contributed by atoms with Crippen LogP contribution in [0.4, 0.5) is 5.82 Å². The molecule has 0 radical (unpaired) electrons. The van der Waals surface area contributed by atoms with Crippen molar-refractivity contribution in [2.24, 2.45) is 0 Å². The van der Waals surface area contributed by atoms with Crippen molar-refractivity contribution in [3.8, 4) is 6.07 Å². The molecule has 0 bridgehead atoms. The number of carbonyl (C=O) groups excluding carboxylic acids is 1. The fraction of sp³-hybridized carbons (Fsp3) is 0.0625. The predicted octanol–water partition coefficient (Wildman–Crippen LogP) is 3.01. The van der Waals surface area contributed by atoms with E-state index >= 15 is 0 Å². The maximum Gasteiger partial charge on any atom is 0.267 e. The molecule has 3 rings (SSSR count). The average molecular weight is 292 g/mol. The molecule has 2 aromatic heterocycles. The number of nitrogens with zero attached hydrogens (tertiary/aromatic N) is 2. The second-order valence-electron chi connectivity index (χ2n) is 4.77. The molecule has 0 saturated heterocycles. The van der Waals surface area contributed by atoms with Crippen LogP contribution in [0, 0.1) is 18.3 Å². The number of aryl methyl sites for hydroxylation is 1. The van der Waals surface area contributed by atoms with Gasteiger partial charge >= 0.3 is 0 Å². The highest BCUT2D eigenvalue weighted by molar-refractivity contribution is 6.09. The predicted molar refractivity (Wildman–Crippen MR) is 81.8 cm³/mol. The smallest absolute Gasteiger partial charge is 0.267 e. The zero-order valence-electron chi connectivity index (χ0n) is 11.8. The number of nitriles is 1. The van der Waals surface area contributed by atoms with Crippen LogP contribution in [-0.4, -0.2) is 16.0 Å². The molecule has 1 aromatic carbocycles. The lowest BCUT2D eigenvalue weighted by molar-refractivity contribution is -0.112. The molecule has 6 heteroatoms. The van der Waals surface area contributed by atoms with Gasteiger partial charge in [-0.3, -0.25) is 4.79 Å². The van der Waals surface area contributed by atoms with Crippen LogP contribution < -0.4 is 5.32 Å². The summed E-state index contributed by atoms with van der Waals surface area (Å²) >= 11 is 0. The molecule has 3 aromatic rings. The van der Waals surface area contributed by atoms with Gasteiger partial charge in [0.2, 0.25) is 0 Å². The lowest BCUT2D eigenvalue weighted by Crippen LogP contribution is -2.13. The van der Waals surface area contributed by atoms with Gasteiger partial charge in [0.05, 0.1) is 0 Å². The second-order valence-corrected chi connectivity index (χ2v) is 4.77. The Morgan fingerprint density at radius 3 is 3.00 bits per heavy atom. The van der Waals surface area contributed by atoms with Crippen molar-refractivity contribution in [2.45, 2.75) is 6.92 Å². The van der Waals surface area contributed by atoms with Crippen molar-refractivity contribution < 1.29 is 9.32 Å². The van der Waals surface area contributed by atoms with Crippen molar-refractivity contribution in [3.05, 3.63) is 53.4 Å². The maximum atomic E-state index is 12.1. The van der Waals surface area contributed by atoms with Crippen LogP contribution >= 0.6 is 0 Å². The highest BCUT2D eigenvalue weighted by atomic mass is 16.5. The number of hydrogen-bond donors (Lipinski definition) is 2. The van der Waals surface area contributed by atoms with E-state index in [0.717, 1.165) is 16.5 Å². The lowest BCUT2D eigenvalue weighted by Gasteiger charge is -2.00. The SMILES string of the molecule is Cc1cc(NC(=O)/C(C#N)=C/c2ccc3[nH]ccc3c2)no1. The Bertz CT molecular complexity index is 912. The first-order valence-electron chi connectivity index (χ1n) is 6.59. The molecule has 2 heterocycles. The van der Waals surface area contributed by atoms with Crippen molar-refractivity contribution in [1.29, 1.82) is 5.26 Å². The number of rotatable bonds is 3. The summed E-state index contributed by atoms with van der Waals surface area (Å²) in [5.41, 5.74) is 1.77. The summed E-state index contributed by atoms with van der Waals surface area (Å²) in [6, 6.07) is 11.0. The monoisotopic (exact) mass is 292 g/mol. The Kier molecular flexibility index (Phi) is 3.46. The van der Waals surface area contributed by atoms with Crippen molar-refractivity contribution in [3.63, 3.8) is 0 Å². The van der Waals surface area contributed by atoms with Gasteiger partial charge < -0.3 is 14.8 Å². The number of benzene rings is 1. The number of nitrogens with one attached hydrogen (secondary N) is 2. The number of aromatic amines is 1. The van der Waals surface area contributed by atoms with E-state index in [1.807, 2.05) is 36.5 Å². The van der Waals surface area contributed by atoms with Gasteiger partial charge in [-0.1, -0.05) is 11.2 Å². The van der Waals surface area contributed by atoms with Crippen molar-refractivity contribution >= 4 is 28.7 Å². The summed E-state index contributed by atoms with van der Waals surface area (Å²) in [6.45, 7) is 1.72. The summed E-state index contributed by atoms with van der Waals surface area (Å²) < 4.78 is 4.87. The van der Waals surface area contributed by atoms with E-state index in [0.29, 0.717) is 5.76 Å². The highest BCUT2D eigenvalue weighted by Crippen LogP contribution is 2.17. The third-order valence-electron chi connectivity index (χ3n) is 3.12. The van der Waals surface area contributed by atoms with Crippen LogP contribution in [0.3, 0.4) is 0 Å². The topological polar surface area (TPSA) is 94.7 Å². The summed E-state index contributed by atoms with van der Waals surface area (Å²) in [5, 5.41) is 16.4. The van der Waals surface area contributed by atoms with E-state index in [4.69, 9.17) is 4.52 Å². The van der Waals surface area contributed by atoms with E-state index in [9.17, 15) is 10.1 Å². The van der Waals surface area contributed by atoms with Crippen LogP contribution in [0.15, 0.2) is 46.6 Å². The van der Waals surface area contributed by atoms with E-state index in [2.05, 4.69) is 15.5 Å². The molecular weight excluding hydrogens is 280 g/mol. The van der Waals surface area contributed by atoms with Gasteiger partial charge in [0.25, 0.3) is 5.91 Å². The van der Waals surface area contributed by atoms with Gasteiger partial charge in [-0.05, 0) is 42.1 Å². The van der Waals surface area contributed by atoms with Crippen molar-refractivity contribution in [2.75, 3.05) is 5.32 Å². The molecule has 22 heavy (non-hydrogen) atoms. The average Bonchev–Trinajstić information content (AvgIpc) is 3.12. The van der Waals surface area contributed by atoms with Gasteiger partial charge in [-0.25, -0.2) is 0 Å². The number of amides is 1. The Morgan fingerprint density at radius 1 is 1.41 bits per heavy atom. The minimum Gasteiger partial charge on any atom is -0.361 e. The minimum atomic E-state index is -0.523. The fourth-order valence-corrected chi connectivity index (χ4v) is 2.09. The Labute approximate surface area is 126 Å². The number of fused-ring (bicyclic) bond motifs is 1. The molecule has 0 unspecified atom stereocenters. The number of carbonyl (C=O) groups is 1. The molecule has 0 aliphatic rings. The zero-order chi connectivity index (χ0) is 15.5. The lowest BCUT2D eigenvalue weighted by atomic mass is 10.1. The second kappa shape index (κ2) is 5.58. The van der Waals surface area contributed by atoms with Crippen LogP contribution in [0.1, 0.15) is 11.3 Å². The van der Waals surface area contributed by atoms with Gasteiger partial charge in [-0.15, -0.1) is 0 Å². The third-order valence-corrected chi connectivity index (χ3v) is 3.12. The summed E-state index contributed by atoms with van der Waals surface area (Å²) in [4.78, 5) is 15.2. The van der Waals surface area contributed by atoms with Crippen LogP contribution in [0.25, 0.3) is 17.0 Å². The molecule has 0 aliphatic carbocycles. The molecular formula is C16H12N4O2. The summed E-state index contributed by atoms with van der Waals surface area (Å²) in [6.07, 6.45) is 3.37. The summed E-state index contributed by atoms with van der Waals surface area (Å²) in [5.74, 6) is 0.338. The van der Waals surface area contributed by atoms with Crippen LogP contribution in [0.5, 0.6) is 0 Å². The molecule has 1 amide bonds. The van der Waals surface area contributed by atoms with Gasteiger partial charge in [0, 0.05) is 17.8 Å². The Morgan fingerprint density at radius 2 is 2.27 bits per heavy atom. The molecule has 108 valence electrons. The Balaban J connectivity index is 1.85. The first kappa shape index (κ1) is 13.6. The van der Waals surface area contributed by atoms with E-state index < -0.39 is 5.91 Å². The van der Waals surface area contributed by atoms with Crippen molar-refractivity contribution in [1.82, 2.24) is 10.1 Å². The molecule has 0 fully saturated rings. The van der Waals surface area contributed by atoms with E-state index in [-0.39, 0.29) is 11.4 Å². The largest absolute Gasteiger partial charge is 0.361 e. The third kappa shape index (κ3) is 2.74. The van der Waals surface area contributed by atoms with Gasteiger partial charge in [0.15, 0.2) is 5.82 Å².